The lowest BCUT2D eigenvalue weighted by molar-refractivity contribution is 0.514. The Morgan fingerprint density at radius 3 is 2.27 bits per heavy atom. The van der Waals surface area contributed by atoms with Crippen LogP contribution < -0.4 is 0 Å². The molecule has 0 saturated heterocycles. The number of benzene rings is 2. The van der Waals surface area contributed by atoms with E-state index in [1.54, 1.807) is 11.8 Å². The molecule has 0 bridgehead atoms. The Hall–Kier alpha value is -2.93. The van der Waals surface area contributed by atoms with Crippen LogP contribution in [0.4, 0.5) is 0 Å². The summed E-state index contributed by atoms with van der Waals surface area (Å²) in [6.07, 6.45) is 0.679. The van der Waals surface area contributed by atoms with E-state index in [4.69, 9.17) is 4.42 Å². The second-order valence-electron chi connectivity index (χ2n) is 5.70. The molecule has 0 aliphatic rings. The number of aromatic nitrogens is 5. The van der Waals surface area contributed by atoms with Gasteiger partial charge in [0, 0.05) is 30.3 Å². The van der Waals surface area contributed by atoms with E-state index in [0.717, 1.165) is 27.9 Å². The lowest BCUT2D eigenvalue weighted by atomic mass is 10.2. The molecule has 130 valence electrons. The van der Waals surface area contributed by atoms with Crippen LogP contribution in [0.2, 0.25) is 0 Å². The number of rotatable bonds is 6. The van der Waals surface area contributed by atoms with Crippen LogP contribution in [0.3, 0.4) is 0 Å². The Labute approximate surface area is 155 Å². The van der Waals surface area contributed by atoms with E-state index in [9.17, 15) is 0 Å². The highest BCUT2D eigenvalue weighted by Gasteiger charge is 2.12. The second-order valence-corrected chi connectivity index (χ2v) is 6.76. The first-order chi connectivity index (χ1) is 12.8. The second kappa shape index (κ2) is 7.53. The van der Waals surface area contributed by atoms with Crippen molar-refractivity contribution in [2.45, 2.75) is 11.6 Å². The zero-order chi connectivity index (χ0) is 17.8. The Morgan fingerprint density at radius 1 is 0.846 bits per heavy atom. The molecule has 6 nitrogen and oxygen atoms in total. The number of aryl methyl sites for hydroxylation is 1. The summed E-state index contributed by atoms with van der Waals surface area (Å²) in [7, 11) is 1.98. The first-order valence-corrected chi connectivity index (χ1v) is 9.25. The van der Waals surface area contributed by atoms with Crippen molar-refractivity contribution >= 4 is 11.8 Å². The third-order valence-electron chi connectivity index (χ3n) is 3.90. The molecule has 2 aromatic carbocycles. The molecule has 0 atom stereocenters. The minimum Gasteiger partial charge on any atom is -0.421 e. The predicted molar refractivity (Wildman–Crippen MR) is 101 cm³/mol. The molecule has 0 N–H and O–H groups in total. The number of thioether (sulfide) groups is 1. The molecule has 2 heterocycles. The molecular weight excluding hydrogens is 346 g/mol. The summed E-state index contributed by atoms with van der Waals surface area (Å²) in [5, 5.41) is 17.7. The maximum atomic E-state index is 5.73. The van der Waals surface area contributed by atoms with Crippen molar-refractivity contribution in [3.63, 3.8) is 0 Å². The van der Waals surface area contributed by atoms with Crippen molar-refractivity contribution in [2.75, 3.05) is 5.75 Å². The highest BCUT2D eigenvalue weighted by atomic mass is 32.2. The van der Waals surface area contributed by atoms with Crippen molar-refractivity contribution in [3.05, 3.63) is 66.6 Å². The number of hydrogen-bond acceptors (Lipinski definition) is 6. The van der Waals surface area contributed by atoms with Crippen LogP contribution in [0.25, 0.3) is 22.8 Å². The average molecular weight is 363 g/mol. The third kappa shape index (κ3) is 3.52. The fourth-order valence-electron chi connectivity index (χ4n) is 2.56. The Balaban J connectivity index is 1.39. The Morgan fingerprint density at radius 2 is 1.54 bits per heavy atom. The quantitative estimate of drug-likeness (QED) is 0.484. The van der Waals surface area contributed by atoms with Crippen LogP contribution in [0, 0.1) is 0 Å². The summed E-state index contributed by atoms with van der Waals surface area (Å²) < 4.78 is 7.74. The van der Waals surface area contributed by atoms with Crippen molar-refractivity contribution in [2.24, 2.45) is 7.05 Å². The molecule has 4 rings (SSSR count). The predicted octanol–water partition coefficient (Wildman–Crippen LogP) is 3.87. The molecule has 0 spiro atoms. The van der Waals surface area contributed by atoms with Gasteiger partial charge in [-0.2, -0.15) is 0 Å². The lowest BCUT2D eigenvalue weighted by Gasteiger charge is -2.03. The average Bonchev–Trinajstić information content (AvgIpc) is 3.31. The van der Waals surface area contributed by atoms with Gasteiger partial charge in [-0.3, -0.25) is 0 Å². The monoisotopic (exact) mass is 363 g/mol. The normalized spacial score (nSPS) is 11.0. The zero-order valence-corrected chi connectivity index (χ0v) is 15.1. The summed E-state index contributed by atoms with van der Waals surface area (Å²) in [6, 6.07) is 19.8. The molecule has 4 aromatic rings. The Kier molecular flexibility index (Phi) is 4.79. The van der Waals surface area contributed by atoms with Crippen LogP contribution in [0.1, 0.15) is 5.89 Å². The summed E-state index contributed by atoms with van der Waals surface area (Å²) in [6.45, 7) is 0. The number of hydrogen-bond donors (Lipinski definition) is 0. The first-order valence-electron chi connectivity index (χ1n) is 8.26. The van der Waals surface area contributed by atoms with Gasteiger partial charge in [-0.25, -0.2) is 0 Å². The fraction of sp³-hybridized carbons (Fsp3) is 0.158. The largest absolute Gasteiger partial charge is 0.421 e. The van der Waals surface area contributed by atoms with Gasteiger partial charge in [0.25, 0.3) is 0 Å². The molecule has 26 heavy (non-hydrogen) atoms. The summed E-state index contributed by atoms with van der Waals surface area (Å²) in [5.41, 5.74) is 1.98. The molecule has 0 saturated carbocycles. The van der Waals surface area contributed by atoms with E-state index < -0.39 is 0 Å². The Bertz CT molecular complexity index is 982. The van der Waals surface area contributed by atoms with Crippen LogP contribution in [-0.4, -0.2) is 30.7 Å². The highest BCUT2D eigenvalue weighted by Crippen LogP contribution is 2.23. The molecule has 7 heteroatoms. The fourth-order valence-corrected chi connectivity index (χ4v) is 3.40. The van der Waals surface area contributed by atoms with E-state index in [0.29, 0.717) is 18.2 Å². The molecule has 0 fully saturated rings. The molecule has 0 aliphatic carbocycles. The van der Waals surface area contributed by atoms with Gasteiger partial charge in [-0.1, -0.05) is 60.3 Å². The maximum Gasteiger partial charge on any atom is 0.247 e. The van der Waals surface area contributed by atoms with Crippen molar-refractivity contribution in [1.82, 2.24) is 25.0 Å². The van der Waals surface area contributed by atoms with Gasteiger partial charge in [0.1, 0.15) is 0 Å². The highest BCUT2D eigenvalue weighted by molar-refractivity contribution is 7.99. The van der Waals surface area contributed by atoms with Crippen molar-refractivity contribution in [1.29, 1.82) is 0 Å². The van der Waals surface area contributed by atoms with Crippen LogP contribution in [0.15, 0.2) is 70.2 Å². The van der Waals surface area contributed by atoms with Gasteiger partial charge in [-0.05, 0) is 12.1 Å². The van der Waals surface area contributed by atoms with Crippen LogP contribution >= 0.6 is 11.8 Å². The van der Waals surface area contributed by atoms with Gasteiger partial charge in [0.2, 0.25) is 11.8 Å². The maximum absolute atomic E-state index is 5.73. The molecule has 0 radical (unpaired) electrons. The summed E-state index contributed by atoms with van der Waals surface area (Å²) in [5.74, 6) is 2.83. The van der Waals surface area contributed by atoms with Gasteiger partial charge >= 0.3 is 0 Å². The minimum absolute atomic E-state index is 0.552. The topological polar surface area (TPSA) is 69.6 Å². The summed E-state index contributed by atoms with van der Waals surface area (Å²) in [4.78, 5) is 0. The van der Waals surface area contributed by atoms with Crippen LogP contribution in [0.5, 0.6) is 0 Å². The minimum atomic E-state index is 0.552. The van der Waals surface area contributed by atoms with E-state index in [2.05, 4.69) is 20.4 Å². The lowest BCUT2D eigenvalue weighted by Crippen LogP contribution is -1.96. The van der Waals surface area contributed by atoms with E-state index in [-0.39, 0.29) is 0 Å². The van der Waals surface area contributed by atoms with Crippen molar-refractivity contribution < 1.29 is 4.42 Å². The van der Waals surface area contributed by atoms with Gasteiger partial charge in [0.15, 0.2) is 11.0 Å². The van der Waals surface area contributed by atoms with Gasteiger partial charge < -0.3 is 8.98 Å². The number of nitrogens with zero attached hydrogens (tertiary/aromatic N) is 5. The van der Waals surface area contributed by atoms with Gasteiger partial charge in [-0.15, -0.1) is 20.4 Å². The van der Waals surface area contributed by atoms with Crippen LogP contribution in [-0.2, 0) is 13.5 Å². The zero-order valence-electron chi connectivity index (χ0n) is 14.2. The standard InChI is InChI=1S/C19H17N5OS/c1-24-17(14-8-4-2-5-9-14)21-23-19(24)26-13-12-16-20-22-18(25-16)15-10-6-3-7-11-15/h2-11H,12-13H2,1H3. The van der Waals surface area contributed by atoms with E-state index in [1.165, 1.54) is 0 Å². The molecule has 0 amide bonds. The van der Waals surface area contributed by atoms with E-state index in [1.807, 2.05) is 72.3 Å². The SMILES string of the molecule is Cn1c(SCCc2nnc(-c3ccccc3)o2)nnc1-c1ccccc1. The summed E-state index contributed by atoms with van der Waals surface area (Å²) >= 11 is 1.62. The molecular formula is C19H17N5OS. The molecule has 2 aromatic heterocycles. The third-order valence-corrected chi connectivity index (χ3v) is 4.92. The smallest absolute Gasteiger partial charge is 0.247 e. The first kappa shape index (κ1) is 16.5. The van der Waals surface area contributed by atoms with Gasteiger partial charge in [0.05, 0.1) is 0 Å². The van der Waals surface area contributed by atoms with E-state index >= 15 is 0 Å². The molecule has 0 aliphatic heterocycles. The molecule has 0 unspecified atom stereocenters. The van der Waals surface area contributed by atoms with Crippen molar-refractivity contribution in [3.8, 4) is 22.8 Å².